The second kappa shape index (κ2) is 6.57. The molecule has 1 aromatic rings. The maximum Gasteiger partial charge on any atom is 0.236 e. The fraction of sp³-hybridized carbons (Fsp3) is 0.417. The Morgan fingerprint density at radius 3 is 2.76 bits per heavy atom. The molecule has 0 aliphatic rings. The molecular formula is C12H16ClFN2O. The van der Waals surface area contributed by atoms with E-state index in [1.54, 1.807) is 6.07 Å². The zero-order chi connectivity index (χ0) is 12.8. The molecule has 0 unspecified atom stereocenters. The zero-order valence-electron chi connectivity index (χ0n) is 9.75. The number of hydrogen-bond donors (Lipinski definition) is 1. The minimum atomic E-state index is -0.400. The average molecular weight is 259 g/mol. The van der Waals surface area contributed by atoms with Gasteiger partial charge in [-0.05, 0) is 18.6 Å². The van der Waals surface area contributed by atoms with Crippen LogP contribution < -0.4 is 5.73 Å². The van der Waals surface area contributed by atoms with Crippen molar-refractivity contribution in [3.05, 3.63) is 34.6 Å². The van der Waals surface area contributed by atoms with Gasteiger partial charge in [0.2, 0.25) is 5.91 Å². The lowest BCUT2D eigenvalue weighted by Gasteiger charge is -2.22. The predicted octanol–water partition coefficient (Wildman–Crippen LogP) is 2.18. The van der Waals surface area contributed by atoms with Crippen molar-refractivity contribution in [1.82, 2.24) is 4.90 Å². The molecule has 3 nitrogen and oxygen atoms in total. The SMILES string of the molecule is CCCN(Cc1c(F)cccc1Cl)C(=O)CN. The van der Waals surface area contributed by atoms with Crippen molar-refractivity contribution < 1.29 is 9.18 Å². The molecule has 0 aliphatic carbocycles. The van der Waals surface area contributed by atoms with Crippen LogP contribution in [-0.4, -0.2) is 23.9 Å². The average Bonchev–Trinajstić information content (AvgIpc) is 2.31. The number of nitrogens with zero attached hydrogens (tertiary/aromatic N) is 1. The van der Waals surface area contributed by atoms with Gasteiger partial charge in [-0.3, -0.25) is 4.79 Å². The van der Waals surface area contributed by atoms with E-state index in [-0.39, 0.29) is 19.0 Å². The van der Waals surface area contributed by atoms with Crippen molar-refractivity contribution in [3.63, 3.8) is 0 Å². The Morgan fingerprint density at radius 1 is 1.53 bits per heavy atom. The highest BCUT2D eigenvalue weighted by molar-refractivity contribution is 6.31. The lowest BCUT2D eigenvalue weighted by molar-refractivity contribution is -0.130. The fourth-order valence-electron chi connectivity index (χ4n) is 1.57. The maximum absolute atomic E-state index is 13.6. The first kappa shape index (κ1) is 13.9. The Labute approximate surface area is 105 Å². The van der Waals surface area contributed by atoms with Crippen LogP contribution >= 0.6 is 11.6 Å². The first-order valence-corrected chi connectivity index (χ1v) is 5.88. The van der Waals surface area contributed by atoms with Crippen LogP contribution in [0.2, 0.25) is 5.02 Å². The molecular weight excluding hydrogens is 243 g/mol. The lowest BCUT2D eigenvalue weighted by atomic mass is 10.2. The van der Waals surface area contributed by atoms with Gasteiger partial charge in [0, 0.05) is 17.1 Å². The van der Waals surface area contributed by atoms with Crippen molar-refractivity contribution in [3.8, 4) is 0 Å². The number of carbonyl (C=O) groups is 1. The molecule has 2 N–H and O–H groups in total. The first-order chi connectivity index (χ1) is 8.10. The van der Waals surface area contributed by atoms with Gasteiger partial charge in [0.25, 0.3) is 0 Å². The number of halogens is 2. The molecule has 0 spiro atoms. The third kappa shape index (κ3) is 3.68. The summed E-state index contributed by atoms with van der Waals surface area (Å²) in [5.41, 5.74) is 5.65. The van der Waals surface area contributed by atoms with Crippen LogP contribution in [0.1, 0.15) is 18.9 Å². The first-order valence-electron chi connectivity index (χ1n) is 5.50. The summed E-state index contributed by atoms with van der Waals surface area (Å²) in [7, 11) is 0. The number of benzene rings is 1. The van der Waals surface area contributed by atoms with Crippen LogP contribution in [0.5, 0.6) is 0 Å². The second-order valence-corrected chi connectivity index (χ2v) is 4.13. The molecule has 0 atom stereocenters. The van der Waals surface area contributed by atoms with Gasteiger partial charge in [0.1, 0.15) is 5.82 Å². The van der Waals surface area contributed by atoms with E-state index in [2.05, 4.69) is 0 Å². The number of amides is 1. The maximum atomic E-state index is 13.6. The van der Waals surface area contributed by atoms with E-state index in [0.29, 0.717) is 17.1 Å². The summed E-state index contributed by atoms with van der Waals surface area (Å²) in [6, 6.07) is 4.48. The molecule has 0 fully saturated rings. The van der Waals surface area contributed by atoms with Gasteiger partial charge >= 0.3 is 0 Å². The minimum absolute atomic E-state index is 0.0773. The highest BCUT2D eigenvalue weighted by atomic mass is 35.5. The van der Waals surface area contributed by atoms with Gasteiger partial charge in [-0.1, -0.05) is 24.6 Å². The zero-order valence-corrected chi connectivity index (χ0v) is 10.5. The monoisotopic (exact) mass is 258 g/mol. The lowest BCUT2D eigenvalue weighted by Crippen LogP contribution is -2.36. The smallest absolute Gasteiger partial charge is 0.236 e. The molecule has 0 radical (unpaired) electrons. The van der Waals surface area contributed by atoms with Crippen molar-refractivity contribution in [2.45, 2.75) is 19.9 Å². The van der Waals surface area contributed by atoms with Crippen molar-refractivity contribution in [1.29, 1.82) is 0 Å². The number of rotatable bonds is 5. The normalized spacial score (nSPS) is 10.4. The van der Waals surface area contributed by atoms with E-state index in [1.165, 1.54) is 17.0 Å². The molecule has 1 amide bonds. The number of carbonyl (C=O) groups excluding carboxylic acids is 1. The largest absolute Gasteiger partial charge is 0.337 e. The second-order valence-electron chi connectivity index (χ2n) is 3.72. The Balaban J connectivity index is 2.89. The summed E-state index contributed by atoms with van der Waals surface area (Å²) < 4.78 is 13.6. The van der Waals surface area contributed by atoms with Crippen LogP contribution in [0.3, 0.4) is 0 Å². The Bertz CT molecular complexity index is 378. The molecule has 0 aromatic heterocycles. The van der Waals surface area contributed by atoms with Gasteiger partial charge in [-0.2, -0.15) is 0 Å². The molecule has 0 heterocycles. The highest BCUT2D eigenvalue weighted by Crippen LogP contribution is 2.20. The van der Waals surface area contributed by atoms with Crippen LogP contribution in [0.4, 0.5) is 4.39 Å². The molecule has 0 saturated heterocycles. The third-order valence-corrected chi connectivity index (χ3v) is 2.79. The van der Waals surface area contributed by atoms with Gasteiger partial charge in [0.05, 0.1) is 13.1 Å². The molecule has 1 rings (SSSR count). The van der Waals surface area contributed by atoms with Crippen molar-refractivity contribution >= 4 is 17.5 Å². The van der Waals surface area contributed by atoms with E-state index in [9.17, 15) is 9.18 Å². The summed E-state index contributed by atoms with van der Waals surface area (Å²) in [4.78, 5) is 13.1. The Hall–Kier alpha value is -1.13. The molecule has 5 heteroatoms. The molecule has 0 bridgehead atoms. The topological polar surface area (TPSA) is 46.3 Å². The number of nitrogens with two attached hydrogens (primary N) is 1. The standard InChI is InChI=1S/C12H16ClFN2O/c1-2-6-16(12(17)7-15)8-9-10(13)4-3-5-11(9)14/h3-5H,2,6-8,15H2,1H3. The Morgan fingerprint density at radius 2 is 2.24 bits per heavy atom. The summed E-state index contributed by atoms with van der Waals surface area (Å²) >= 11 is 5.91. The molecule has 1 aromatic carbocycles. The summed E-state index contributed by atoms with van der Waals surface area (Å²) in [6.45, 7) is 2.57. The van der Waals surface area contributed by atoms with E-state index in [0.717, 1.165) is 6.42 Å². The molecule has 94 valence electrons. The van der Waals surface area contributed by atoms with Crippen molar-refractivity contribution in [2.24, 2.45) is 5.73 Å². The summed E-state index contributed by atoms with van der Waals surface area (Å²) in [6.07, 6.45) is 0.789. The van der Waals surface area contributed by atoms with Crippen LogP contribution in [0.25, 0.3) is 0 Å². The van der Waals surface area contributed by atoms with E-state index in [1.807, 2.05) is 6.92 Å². The Kier molecular flexibility index (Phi) is 5.38. The van der Waals surface area contributed by atoms with Crippen LogP contribution in [-0.2, 0) is 11.3 Å². The van der Waals surface area contributed by atoms with Gasteiger partial charge in [-0.15, -0.1) is 0 Å². The third-order valence-electron chi connectivity index (χ3n) is 2.43. The molecule has 17 heavy (non-hydrogen) atoms. The van der Waals surface area contributed by atoms with Crippen LogP contribution in [0, 0.1) is 5.82 Å². The predicted molar refractivity (Wildman–Crippen MR) is 66.2 cm³/mol. The van der Waals surface area contributed by atoms with Crippen molar-refractivity contribution in [2.75, 3.05) is 13.1 Å². The quantitative estimate of drug-likeness (QED) is 0.880. The minimum Gasteiger partial charge on any atom is -0.337 e. The van der Waals surface area contributed by atoms with Gasteiger partial charge < -0.3 is 10.6 Å². The molecule has 0 saturated carbocycles. The van der Waals surface area contributed by atoms with E-state index < -0.39 is 5.82 Å². The molecule has 0 aliphatic heterocycles. The van der Waals surface area contributed by atoms with E-state index >= 15 is 0 Å². The fourth-order valence-corrected chi connectivity index (χ4v) is 1.79. The highest BCUT2D eigenvalue weighted by Gasteiger charge is 2.15. The van der Waals surface area contributed by atoms with Gasteiger partial charge in [-0.25, -0.2) is 4.39 Å². The van der Waals surface area contributed by atoms with E-state index in [4.69, 9.17) is 17.3 Å². The van der Waals surface area contributed by atoms with Gasteiger partial charge in [0.15, 0.2) is 0 Å². The number of hydrogen-bond acceptors (Lipinski definition) is 2. The van der Waals surface area contributed by atoms with Crippen LogP contribution in [0.15, 0.2) is 18.2 Å². The summed E-state index contributed by atoms with van der Waals surface area (Å²) in [5.74, 6) is -0.602. The summed E-state index contributed by atoms with van der Waals surface area (Å²) in [5, 5.41) is 0.330.